The number of nitrogens with one attached hydrogen (secondary N) is 2. The minimum absolute atomic E-state index is 0.0565. The van der Waals surface area contributed by atoms with Crippen LogP contribution in [-0.4, -0.2) is 43.6 Å². The van der Waals surface area contributed by atoms with Gasteiger partial charge in [0.1, 0.15) is 10.8 Å². The number of carbonyl (C=O) groups excluding carboxylic acids is 2. The van der Waals surface area contributed by atoms with Gasteiger partial charge in [-0.05, 0) is 41.3 Å². The smallest absolute Gasteiger partial charge is 0.245 e. The first kappa shape index (κ1) is 21.1. The summed E-state index contributed by atoms with van der Waals surface area (Å²) in [6, 6.07) is 2.82. The monoisotopic (exact) mass is 491 g/mol. The third-order valence-electron chi connectivity index (χ3n) is 4.12. The van der Waals surface area contributed by atoms with Gasteiger partial charge in [0.25, 0.3) is 0 Å². The normalized spacial score (nSPS) is 15.4. The molecule has 1 aliphatic rings. The van der Waals surface area contributed by atoms with Crippen molar-refractivity contribution in [1.29, 1.82) is 0 Å². The molecule has 1 aromatic carbocycles. The topological polar surface area (TPSA) is 105 Å². The van der Waals surface area contributed by atoms with Crippen LogP contribution in [0.2, 0.25) is 0 Å². The number of thiazole rings is 1. The van der Waals surface area contributed by atoms with Crippen molar-refractivity contribution < 1.29 is 22.4 Å². The average molecular weight is 492 g/mol. The number of rotatable bonds is 8. The molecule has 1 fully saturated rings. The molecule has 0 spiro atoms. The minimum Gasteiger partial charge on any atom is -0.352 e. The summed E-state index contributed by atoms with van der Waals surface area (Å²) in [7, 11) is -3.85. The van der Waals surface area contributed by atoms with Crippen LogP contribution in [0, 0.1) is 5.82 Å². The number of benzene rings is 1. The van der Waals surface area contributed by atoms with E-state index in [4.69, 9.17) is 0 Å². The predicted octanol–water partition coefficient (Wildman–Crippen LogP) is 2.46. The van der Waals surface area contributed by atoms with Crippen molar-refractivity contribution in [1.82, 2.24) is 15.6 Å². The van der Waals surface area contributed by atoms with Crippen LogP contribution in [-0.2, 0) is 19.4 Å². The number of aromatic nitrogens is 1. The fourth-order valence-corrected chi connectivity index (χ4v) is 6.27. The van der Waals surface area contributed by atoms with Gasteiger partial charge in [-0.25, -0.2) is 17.8 Å². The average Bonchev–Trinajstić information content (AvgIpc) is 3.33. The first-order valence-electron chi connectivity index (χ1n) is 8.75. The summed E-state index contributed by atoms with van der Waals surface area (Å²) < 4.78 is 40.0. The van der Waals surface area contributed by atoms with Crippen LogP contribution in [0.3, 0.4) is 0 Å². The number of sulfone groups is 1. The maximum absolute atomic E-state index is 13.8. The lowest BCUT2D eigenvalue weighted by molar-refractivity contribution is -0.126. The van der Waals surface area contributed by atoms with Gasteiger partial charge < -0.3 is 10.6 Å². The molecule has 1 unspecified atom stereocenters. The zero-order valence-electron chi connectivity index (χ0n) is 15.0. The summed E-state index contributed by atoms with van der Waals surface area (Å²) in [4.78, 5) is 28.7. The largest absolute Gasteiger partial charge is 0.352 e. The van der Waals surface area contributed by atoms with Gasteiger partial charge in [0.05, 0.1) is 27.0 Å². The van der Waals surface area contributed by atoms with Crippen LogP contribution in [0.5, 0.6) is 0 Å². The molecule has 1 atom stereocenters. The van der Waals surface area contributed by atoms with Crippen LogP contribution in [0.15, 0.2) is 16.6 Å². The molecule has 11 heteroatoms. The molecule has 2 amide bonds. The van der Waals surface area contributed by atoms with Gasteiger partial charge in [0.2, 0.25) is 11.8 Å². The molecule has 28 heavy (non-hydrogen) atoms. The van der Waals surface area contributed by atoms with Gasteiger partial charge >= 0.3 is 0 Å². The molecule has 1 aromatic heterocycles. The van der Waals surface area contributed by atoms with E-state index in [1.54, 1.807) is 6.92 Å². The summed E-state index contributed by atoms with van der Waals surface area (Å²) in [5.74, 6) is -1.90. The van der Waals surface area contributed by atoms with E-state index in [-0.39, 0.29) is 39.2 Å². The summed E-state index contributed by atoms with van der Waals surface area (Å²) >= 11 is 4.10. The number of carbonyl (C=O) groups is 2. The van der Waals surface area contributed by atoms with E-state index >= 15 is 0 Å². The number of amides is 2. The first-order valence-corrected chi connectivity index (χ1v) is 12.1. The Hall–Kier alpha value is -1.59. The molecule has 152 valence electrons. The number of fused-ring (bicyclic) bond motifs is 1. The molecule has 1 aliphatic carbocycles. The molecule has 1 saturated carbocycles. The molecular weight excluding hydrogens is 473 g/mol. The second-order valence-electron chi connectivity index (χ2n) is 6.59. The maximum Gasteiger partial charge on any atom is 0.245 e. The number of halogens is 2. The van der Waals surface area contributed by atoms with E-state index in [1.165, 1.54) is 12.1 Å². The molecular formula is C17H19BrFN3O4S2. The molecule has 1 heterocycles. The molecule has 0 bridgehead atoms. The van der Waals surface area contributed by atoms with Gasteiger partial charge in [-0.1, -0.05) is 6.92 Å². The maximum atomic E-state index is 13.8. The van der Waals surface area contributed by atoms with Gasteiger partial charge in [0, 0.05) is 12.1 Å². The second-order valence-corrected chi connectivity index (χ2v) is 10.7. The van der Waals surface area contributed by atoms with Gasteiger partial charge in [-0.15, -0.1) is 11.3 Å². The lowest BCUT2D eigenvalue weighted by Gasteiger charge is -2.15. The van der Waals surface area contributed by atoms with E-state index < -0.39 is 26.8 Å². The van der Waals surface area contributed by atoms with Crippen LogP contribution in [0.25, 0.3) is 10.2 Å². The summed E-state index contributed by atoms with van der Waals surface area (Å²) in [6.07, 6.45) is 2.15. The van der Waals surface area contributed by atoms with Gasteiger partial charge in [-0.3, -0.25) is 9.59 Å². The highest BCUT2D eigenvalue weighted by Gasteiger charge is 2.36. The van der Waals surface area contributed by atoms with E-state index in [0.29, 0.717) is 11.1 Å². The molecule has 2 N–H and O–H groups in total. The van der Waals surface area contributed by atoms with Crippen LogP contribution in [0.4, 0.5) is 4.39 Å². The van der Waals surface area contributed by atoms with Crippen molar-refractivity contribution in [3.63, 3.8) is 0 Å². The lowest BCUT2D eigenvalue weighted by Crippen LogP contribution is -2.41. The van der Waals surface area contributed by atoms with Crippen LogP contribution >= 0.6 is 27.3 Å². The van der Waals surface area contributed by atoms with Crippen molar-refractivity contribution >= 4 is 59.1 Å². The molecule has 7 nitrogen and oxygen atoms in total. The van der Waals surface area contributed by atoms with E-state index in [1.807, 2.05) is 0 Å². The zero-order valence-corrected chi connectivity index (χ0v) is 18.2. The highest BCUT2D eigenvalue weighted by Crippen LogP contribution is 2.34. The van der Waals surface area contributed by atoms with Crippen molar-refractivity contribution in [2.24, 2.45) is 0 Å². The molecule has 2 aromatic rings. The second kappa shape index (κ2) is 8.42. The van der Waals surface area contributed by atoms with Gasteiger partial charge in [-0.2, -0.15) is 0 Å². The Morgan fingerprint density at radius 2 is 2.11 bits per heavy atom. The third-order valence-corrected chi connectivity index (χ3v) is 8.10. The number of nitrogens with zero attached hydrogens (tertiary/aromatic N) is 1. The first-order chi connectivity index (χ1) is 13.2. The van der Waals surface area contributed by atoms with Gasteiger partial charge in [0.15, 0.2) is 15.1 Å². The van der Waals surface area contributed by atoms with Crippen molar-refractivity contribution in [2.45, 2.75) is 37.5 Å². The standard InChI is InChI=1S/C17H19BrFN3O4S2/c1-2-5-28(25,26)15(16(24)20-8-14(23)21-9-3-4-9)17-22-12-7-11(19)10(18)6-13(12)27-17/h6-7,9,15H,2-5,8H2,1H3,(H,20,24)(H,21,23). The van der Waals surface area contributed by atoms with Crippen LogP contribution in [0.1, 0.15) is 36.4 Å². The number of hydrogen-bond acceptors (Lipinski definition) is 6. The fraction of sp³-hybridized carbons (Fsp3) is 0.471. The van der Waals surface area contributed by atoms with E-state index in [9.17, 15) is 22.4 Å². The molecule has 0 saturated heterocycles. The third kappa shape index (κ3) is 4.87. The number of hydrogen-bond donors (Lipinski definition) is 2. The van der Waals surface area contributed by atoms with E-state index in [2.05, 4.69) is 31.5 Å². The fourth-order valence-electron chi connectivity index (χ4n) is 2.65. The quantitative estimate of drug-likeness (QED) is 0.589. The van der Waals surface area contributed by atoms with Crippen molar-refractivity contribution in [3.8, 4) is 0 Å². The Kier molecular flexibility index (Phi) is 6.35. The Labute approximate surface area is 174 Å². The Morgan fingerprint density at radius 1 is 1.39 bits per heavy atom. The zero-order chi connectivity index (χ0) is 20.5. The highest BCUT2D eigenvalue weighted by atomic mass is 79.9. The molecule has 3 rings (SSSR count). The van der Waals surface area contributed by atoms with E-state index in [0.717, 1.165) is 24.2 Å². The molecule has 0 radical (unpaired) electrons. The summed E-state index contributed by atoms with van der Waals surface area (Å²) in [5, 5.41) is 3.64. The lowest BCUT2D eigenvalue weighted by atomic mass is 10.3. The minimum atomic E-state index is -3.85. The van der Waals surface area contributed by atoms with Crippen molar-refractivity contribution in [3.05, 3.63) is 27.4 Å². The van der Waals surface area contributed by atoms with Crippen LogP contribution < -0.4 is 10.6 Å². The highest BCUT2D eigenvalue weighted by molar-refractivity contribution is 9.10. The summed E-state index contributed by atoms with van der Waals surface area (Å²) in [5.41, 5.74) is 0.275. The van der Waals surface area contributed by atoms with Crippen molar-refractivity contribution in [2.75, 3.05) is 12.3 Å². The Bertz CT molecular complexity index is 982. The predicted molar refractivity (Wildman–Crippen MR) is 108 cm³/mol. The SMILES string of the molecule is CCCS(=O)(=O)C(C(=O)NCC(=O)NC1CC1)c1nc2cc(F)c(Br)cc2s1. The molecule has 0 aliphatic heterocycles. The summed E-state index contributed by atoms with van der Waals surface area (Å²) in [6.45, 7) is 1.39. The Balaban J connectivity index is 1.88. The Morgan fingerprint density at radius 3 is 2.75 bits per heavy atom.